The predicted octanol–water partition coefficient (Wildman–Crippen LogP) is 2.94. The number of amides is 1. The van der Waals surface area contributed by atoms with Crippen molar-refractivity contribution >= 4 is 28.2 Å². The van der Waals surface area contributed by atoms with Gasteiger partial charge in [-0.3, -0.25) is 14.5 Å². The Morgan fingerprint density at radius 3 is 2.45 bits per heavy atom. The Balaban J connectivity index is 1.34. The molecule has 6 heteroatoms. The molecule has 2 aromatic carbocycles. The number of carbonyl (C=O) groups excluding carboxylic acids is 1. The number of fused-ring (bicyclic) bond motifs is 2. The molecule has 1 aromatic heterocycles. The van der Waals surface area contributed by atoms with E-state index in [-0.39, 0.29) is 11.5 Å². The summed E-state index contributed by atoms with van der Waals surface area (Å²) < 4.78 is 1.73. The number of nitrogens with zero attached hydrogens (tertiary/aromatic N) is 2. The lowest BCUT2D eigenvalue weighted by Gasteiger charge is -2.44. The van der Waals surface area contributed by atoms with Crippen molar-refractivity contribution in [1.29, 1.82) is 0 Å². The fourth-order valence-corrected chi connectivity index (χ4v) is 4.55. The van der Waals surface area contributed by atoms with E-state index in [2.05, 4.69) is 15.5 Å². The third kappa shape index (κ3) is 3.00. The van der Waals surface area contributed by atoms with E-state index < -0.39 is 5.54 Å². The number of carbonyl (C=O) groups is 1. The van der Waals surface area contributed by atoms with Crippen molar-refractivity contribution in [2.45, 2.75) is 24.9 Å². The van der Waals surface area contributed by atoms with Crippen LogP contribution in [0.3, 0.4) is 0 Å². The van der Waals surface area contributed by atoms with Gasteiger partial charge in [-0.05, 0) is 42.5 Å². The zero-order valence-corrected chi connectivity index (χ0v) is 16.4. The van der Waals surface area contributed by atoms with Gasteiger partial charge in [0.15, 0.2) is 0 Å². The first-order chi connectivity index (χ1) is 14.1. The van der Waals surface area contributed by atoms with E-state index in [9.17, 15) is 9.59 Å². The zero-order chi connectivity index (χ0) is 20.0. The summed E-state index contributed by atoms with van der Waals surface area (Å²) in [5.74, 6) is 0.0393. The van der Waals surface area contributed by atoms with Gasteiger partial charge in [-0.2, -0.15) is 0 Å². The Morgan fingerprint density at radius 2 is 1.66 bits per heavy atom. The topological polar surface area (TPSA) is 66.4 Å². The average molecular weight is 388 g/mol. The SMILES string of the molecule is Cn1c(=O)c(CN2CCC3(CC2)Nc2ccccc2NC3=O)cc2ccccc21. The lowest BCUT2D eigenvalue weighted by molar-refractivity contribution is -0.122. The first kappa shape index (κ1) is 17.9. The van der Waals surface area contributed by atoms with Gasteiger partial charge in [0.1, 0.15) is 5.54 Å². The van der Waals surface area contributed by atoms with Crippen LogP contribution < -0.4 is 16.2 Å². The molecule has 29 heavy (non-hydrogen) atoms. The minimum absolute atomic E-state index is 0.0393. The van der Waals surface area contributed by atoms with Crippen molar-refractivity contribution in [3.63, 3.8) is 0 Å². The molecule has 1 fully saturated rings. The van der Waals surface area contributed by atoms with E-state index in [4.69, 9.17) is 0 Å². The maximum atomic E-state index is 12.8. The van der Waals surface area contributed by atoms with E-state index in [0.717, 1.165) is 40.9 Å². The normalized spacial score (nSPS) is 18.3. The number of aryl methyl sites for hydroxylation is 1. The molecule has 3 aromatic rings. The Kier molecular flexibility index (Phi) is 4.17. The maximum Gasteiger partial charge on any atom is 0.255 e. The number of hydrogen-bond donors (Lipinski definition) is 2. The fraction of sp³-hybridized carbons (Fsp3) is 0.304. The van der Waals surface area contributed by atoms with Gasteiger partial charge in [0.25, 0.3) is 5.56 Å². The minimum Gasteiger partial charge on any atom is -0.369 e. The lowest BCUT2D eigenvalue weighted by atomic mass is 9.84. The van der Waals surface area contributed by atoms with Crippen molar-refractivity contribution in [3.05, 3.63) is 70.5 Å². The molecule has 2 N–H and O–H groups in total. The second-order valence-corrected chi connectivity index (χ2v) is 8.08. The highest BCUT2D eigenvalue weighted by molar-refractivity contribution is 6.06. The molecule has 148 valence electrons. The summed E-state index contributed by atoms with van der Waals surface area (Å²) in [7, 11) is 1.83. The molecule has 6 nitrogen and oxygen atoms in total. The number of nitrogens with one attached hydrogen (secondary N) is 2. The van der Waals surface area contributed by atoms with Crippen molar-refractivity contribution in [1.82, 2.24) is 9.47 Å². The molecular weight excluding hydrogens is 364 g/mol. The molecule has 1 amide bonds. The summed E-state index contributed by atoms with van der Waals surface area (Å²) >= 11 is 0. The summed E-state index contributed by atoms with van der Waals surface area (Å²) in [5.41, 5.74) is 3.04. The first-order valence-corrected chi connectivity index (χ1v) is 10.0. The maximum absolute atomic E-state index is 12.8. The van der Waals surface area contributed by atoms with Gasteiger partial charge in [0.2, 0.25) is 5.91 Å². The smallest absolute Gasteiger partial charge is 0.255 e. The zero-order valence-electron chi connectivity index (χ0n) is 16.4. The number of anilines is 2. The van der Waals surface area contributed by atoms with Crippen LogP contribution in [0.2, 0.25) is 0 Å². The number of hydrogen-bond acceptors (Lipinski definition) is 4. The van der Waals surface area contributed by atoms with E-state index >= 15 is 0 Å². The number of piperidine rings is 1. The molecule has 5 rings (SSSR count). The molecule has 0 atom stereocenters. The van der Waals surface area contributed by atoms with Gasteiger partial charge >= 0.3 is 0 Å². The molecule has 3 heterocycles. The lowest BCUT2D eigenvalue weighted by Crippen LogP contribution is -2.58. The number of likely N-dealkylation sites (tertiary alicyclic amines) is 1. The first-order valence-electron chi connectivity index (χ1n) is 10.0. The molecule has 2 aliphatic rings. The van der Waals surface area contributed by atoms with Crippen LogP contribution in [0, 0.1) is 0 Å². The monoisotopic (exact) mass is 388 g/mol. The highest BCUT2D eigenvalue weighted by Gasteiger charge is 2.44. The molecule has 0 unspecified atom stereocenters. The number of pyridine rings is 1. The standard InChI is InChI=1S/C23H24N4O2/c1-26-20-9-5-2-6-16(20)14-17(21(26)28)15-27-12-10-23(11-13-27)22(29)24-18-7-3-4-8-19(18)25-23/h2-9,14,25H,10-13,15H2,1H3,(H,24,29). The van der Waals surface area contributed by atoms with E-state index in [1.165, 1.54) is 0 Å². The third-order valence-corrected chi connectivity index (χ3v) is 6.29. The largest absolute Gasteiger partial charge is 0.369 e. The quantitative estimate of drug-likeness (QED) is 0.708. The molecule has 1 spiro atoms. The van der Waals surface area contributed by atoms with Crippen LogP contribution in [0.15, 0.2) is 59.4 Å². The highest BCUT2D eigenvalue weighted by Crippen LogP contribution is 2.36. The van der Waals surface area contributed by atoms with Crippen LogP contribution in [0.4, 0.5) is 11.4 Å². The highest BCUT2D eigenvalue weighted by atomic mass is 16.2. The van der Waals surface area contributed by atoms with Gasteiger partial charge in [-0.1, -0.05) is 30.3 Å². The van der Waals surface area contributed by atoms with Gasteiger partial charge in [-0.25, -0.2) is 0 Å². The van der Waals surface area contributed by atoms with Crippen molar-refractivity contribution < 1.29 is 4.79 Å². The number of rotatable bonds is 2. The van der Waals surface area contributed by atoms with Crippen LogP contribution in [-0.2, 0) is 18.4 Å². The molecule has 0 bridgehead atoms. The Labute approximate surface area is 169 Å². The van der Waals surface area contributed by atoms with Crippen LogP contribution in [0.25, 0.3) is 10.9 Å². The fourth-order valence-electron chi connectivity index (χ4n) is 4.55. The second kappa shape index (κ2) is 6.74. The molecule has 0 radical (unpaired) electrons. The van der Waals surface area contributed by atoms with Crippen molar-refractivity contribution in [2.24, 2.45) is 7.05 Å². The van der Waals surface area contributed by atoms with Gasteiger partial charge in [-0.15, -0.1) is 0 Å². The van der Waals surface area contributed by atoms with Gasteiger partial charge < -0.3 is 15.2 Å². The molecule has 0 saturated carbocycles. The Morgan fingerprint density at radius 1 is 0.966 bits per heavy atom. The number of para-hydroxylation sites is 3. The van der Waals surface area contributed by atoms with Crippen LogP contribution in [-0.4, -0.2) is 34.0 Å². The number of aromatic nitrogens is 1. The summed E-state index contributed by atoms with van der Waals surface area (Å²) in [6.45, 7) is 2.13. The van der Waals surface area contributed by atoms with Gasteiger partial charge in [0, 0.05) is 32.2 Å². The predicted molar refractivity (Wildman–Crippen MR) is 115 cm³/mol. The summed E-state index contributed by atoms with van der Waals surface area (Å²) in [6, 6.07) is 17.8. The van der Waals surface area contributed by atoms with Gasteiger partial charge in [0.05, 0.1) is 16.9 Å². The summed E-state index contributed by atoms with van der Waals surface area (Å²) in [6.07, 6.45) is 1.42. The Hall–Kier alpha value is -3.12. The summed E-state index contributed by atoms with van der Waals surface area (Å²) in [5, 5.41) is 7.61. The van der Waals surface area contributed by atoms with E-state index in [1.807, 2.05) is 61.6 Å². The van der Waals surface area contributed by atoms with Crippen molar-refractivity contribution in [3.8, 4) is 0 Å². The number of benzene rings is 2. The van der Waals surface area contributed by atoms with Crippen LogP contribution >= 0.6 is 0 Å². The molecular formula is C23H24N4O2. The molecule has 1 saturated heterocycles. The van der Waals surface area contributed by atoms with Crippen LogP contribution in [0.5, 0.6) is 0 Å². The third-order valence-electron chi connectivity index (χ3n) is 6.29. The average Bonchev–Trinajstić information content (AvgIpc) is 2.74. The van der Waals surface area contributed by atoms with E-state index in [1.54, 1.807) is 4.57 Å². The molecule has 0 aliphatic carbocycles. The van der Waals surface area contributed by atoms with E-state index in [0.29, 0.717) is 19.4 Å². The Bertz CT molecular complexity index is 1160. The summed E-state index contributed by atoms with van der Waals surface area (Å²) in [4.78, 5) is 27.9. The van der Waals surface area contributed by atoms with Crippen molar-refractivity contribution in [2.75, 3.05) is 23.7 Å². The van der Waals surface area contributed by atoms with Crippen LogP contribution in [0.1, 0.15) is 18.4 Å². The molecule has 2 aliphatic heterocycles. The second-order valence-electron chi connectivity index (χ2n) is 8.08. The minimum atomic E-state index is -0.570.